The second-order valence-electron chi connectivity index (χ2n) is 15.5. The number of fused-ring (bicyclic) bond motifs is 19. The zero-order valence-electron chi connectivity index (χ0n) is 31.1. The third kappa shape index (κ3) is 3.63. The van der Waals surface area contributed by atoms with Crippen LogP contribution in [-0.2, 0) is 11.0 Å². The van der Waals surface area contributed by atoms with Gasteiger partial charge in [0.05, 0.1) is 33.5 Å². The molecule has 9 aromatic rings. The maximum atomic E-state index is 6.64. The standard InChI is InChI=1S/C52H34N4O/c1-54-47-32-33(30-31-40(47)52(56-46-27-13-10-24-43(46)53-50(54)56)36-18-4-2-16-34(36)35-17-3-5-19-37(35)52)55-44-25-11-6-20-38(44)51(39-21-7-12-26-45(39)55)41-22-8-14-28-48(41)57-49-29-15-9-23-42(49)51/h2-32H,1H3. The Hall–Kier alpha value is -7.37. The number of anilines is 5. The van der Waals surface area contributed by atoms with Gasteiger partial charge in [-0.1, -0.05) is 140 Å². The van der Waals surface area contributed by atoms with Crippen LogP contribution in [0.5, 0.6) is 11.5 Å². The molecule has 0 fully saturated rings. The van der Waals surface area contributed by atoms with Gasteiger partial charge in [0.25, 0.3) is 0 Å². The molecule has 8 aromatic carbocycles. The predicted octanol–water partition coefficient (Wildman–Crippen LogP) is 12.2. The van der Waals surface area contributed by atoms with Crippen molar-refractivity contribution in [2.75, 3.05) is 16.8 Å². The number of hydrogen-bond donors (Lipinski definition) is 0. The minimum absolute atomic E-state index is 0.591. The third-order valence-electron chi connectivity index (χ3n) is 13.0. The van der Waals surface area contributed by atoms with Gasteiger partial charge in [-0.2, -0.15) is 0 Å². The molecule has 0 saturated carbocycles. The Kier molecular flexibility index (Phi) is 5.91. The van der Waals surface area contributed by atoms with Crippen LogP contribution in [0.2, 0.25) is 0 Å². The number of hydrogen-bond acceptors (Lipinski definition) is 4. The van der Waals surface area contributed by atoms with Gasteiger partial charge in [-0.25, -0.2) is 4.98 Å². The smallest absolute Gasteiger partial charge is 0.212 e. The first-order valence-corrected chi connectivity index (χ1v) is 19.6. The van der Waals surface area contributed by atoms with E-state index in [0.29, 0.717) is 0 Å². The molecular formula is C52H34N4O. The maximum absolute atomic E-state index is 6.64. The SMILES string of the molecule is CN1c2cc(N3c4ccccc4C4(c5ccccc5Oc5ccccc54)c4ccccc43)ccc2C2(c3ccccc3-c3ccccc32)n2c1nc1ccccc12. The highest BCUT2D eigenvalue weighted by Crippen LogP contribution is 2.64. The summed E-state index contributed by atoms with van der Waals surface area (Å²) in [4.78, 5) is 10.1. The van der Waals surface area contributed by atoms with Crippen molar-refractivity contribution in [1.29, 1.82) is 0 Å². The van der Waals surface area contributed by atoms with Crippen molar-refractivity contribution in [3.05, 3.63) is 227 Å². The van der Waals surface area contributed by atoms with Crippen molar-refractivity contribution in [1.82, 2.24) is 9.55 Å². The number of ether oxygens (including phenoxy) is 1. The van der Waals surface area contributed by atoms with Gasteiger partial charge in [0.2, 0.25) is 5.95 Å². The molecule has 0 bridgehead atoms. The Morgan fingerprint density at radius 3 is 1.60 bits per heavy atom. The first kappa shape index (κ1) is 30.9. The lowest BCUT2D eigenvalue weighted by Crippen LogP contribution is -2.42. The molecule has 57 heavy (non-hydrogen) atoms. The van der Waals surface area contributed by atoms with E-state index >= 15 is 0 Å². The van der Waals surface area contributed by atoms with E-state index in [1.54, 1.807) is 0 Å². The van der Waals surface area contributed by atoms with Gasteiger partial charge in [0.1, 0.15) is 17.0 Å². The summed E-state index contributed by atoms with van der Waals surface area (Å²) in [6, 6.07) is 68.5. The van der Waals surface area contributed by atoms with Crippen molar-refractivity contribution in [2.45, 2.75) is 11.0 Å². The summed E-state index contributed by atoms with van der Waals surface area (Å²) >= 11 is 0. The van der Waals surface area contributed by atoms with Crippen LogP contribution in [-0.4, -0.2) is 16.6 Å². The largest absolute Gasteiger partial charge is 0.457 e. The average molecular weight is 731 g/mol. The fourth-order valence-corrected chi connectivity index (χ4v) is 10.9. The van der Waals surface area contributed by atoms with E-state index in [1.165, 1.54) is 38.9 Å². The fourth-order valence-electron chi connectivity index (χ4n) is 10.9. The summed E-state index contributed by atoms with van der Waals surface area (Å²) in [5.74, 6) is 2.69. The molecule has 5 nitrogen and oxygen atoms in total. The summed E-state index contributed by atoms with van der Waals surface area (Å²) in [5, 5.41) is 0. The first-order valence-electron chi connectivity index (χ1n) is 19.6. The van der Waals surface area contributed by atoms with Crippen molar-refractivity contribution in [3.8, 4) is 22.6 Å². The first-order chi connectivity index (χ1) is 28.2. The molecule has 0 amide bonds. The molecule has 1 aromatic heterocycles. The van der Waals surface area contributed by atoms with Crippen LogP contribution in [0.3, 0.4) is 0 Å². The summed E-state index contributed by atoms with van der Waals surface area (Å²) in [6.45, 7) is 0. The van der Waals surface area contributed by atoms with Crippen LogP contribution in [0.4, 0.5) is 28.7 Å². The molecule has 4 aliphatic rings. The van der Waals surface area contributed by atoms with Gasteiger partial charge in [-0.05, 0) is 81.9 Å². The second-order valence-corrected chi connectivity index (χ2v) is 15.5. The van der Waals surface area contributed by atoms with E-state index in [2.05, 4.69) is 209 Å². The Morgan fingerprint density at radius 2 is 0.965 bits per heavy atom. The van der Waals surface area contributed by atoms with Gasteiger partial charge in [-0.3, -0.25) is 4.57 Å². The van der Waals surface area contributed by atoms with Gasteiger partial charge >= 0.3 is 0 Å². The molecule has 13 rings (SSSR count). The van der Waals surface area contributed by atoms with Crippen molar-refractivity contribution in [2.24, 2.45) is 0 Å². The highest BCUT2D eigenvalue weighted by atomic mass is 16.5. The molecule has 4 heterocycles. The van der Waals surface area contributed by atoms with Gasteiger partial charge in [0, 0.05) is 29.4 Å². The molecule has 0 radical (unpaired) electrons. The predicted molar refractivity (Wildman–Crippen MR) is 228 cm³/mol. The molecule has 5 heteroatoms. The molecule has 3 aliphatic heterocycles. The second kappa shape index (κ2) is 10.9. The lowest BCUT2D eigenvalue weighted by Gasteiger charge is -2.49. The summed E-state index contributed by atoms with van der Waals surface area (Å²) in [5.41, 5.74) is 16.4. The lowest BCUT2D eigenvalue weighted by atomic mass is 9.61. The van der Waals surface area contributed by atoms with Crippen molar-refractivity contribution < 1.29 is 4.74 Å². The van der Waals surface area contributed by atoms with Gasteiger partial charge < -0.3 is 14.5 Å². The normalized spacial score (nSPS) is 15.5. The molecule has 0 N–H and O–H groups in total. The average Bonchev–Trinajstić information content (AvgIpc) is 3.80. The lowest BCUT2D eigenvalue weighted by molar-refractivity contribution is 0.434. The number of imidazole rings is 1. The number of nitrogens with zero attached hydrogens (tertiary/aromatic N) is 4. The fraction of sp³-hybridized carbons (Fsp3) is 0.0577. The zero-order chi connectivity index (χ0) is 37.5. The summed E-state index contributed by atoms with van der Waals surface area (Å²) in [7, 11) is 2.17. The van der Waals surface area contributed by atoms with Crippen LogP contribution in [0.25, 0.3) is 22.2 Å². The molecule has 0 unspecified atom stereocenters. The Labute approximate surface area is 330 Å². The zero-order valence-corrected chi connectivity index (χ0v) is 31.1. The van der Waals surface area contributed by atoms with E-state index in [1.807, 2.05) is 0 Å². The molecule has 0 saturated heterocycles. The van der Waals surface area contributed by atoms with E-state index in [-0.39, 0.29) is 0 Å². The van der Waals surface area contributed by atoms with Crippen LogP contribution >= 0.6 is 0 Å². The van der Waals surface area contributed by atoms with Crippen LogP contribution < -0.4 is 14.5 Å². The van der Waals surface area contributed by atoms with Crippen LogP contribution in [0.15, 0.2) is 188 Å². The minimum Gasteiger partial charge on any atom is -0.457 e. The molecule has 0 atom stereocenters. The van der Waals surface area contributed by atoms with Gasteiger partial charge in [-0.15, -0.1) is 0 Å². The third-order valence-corrected chi connectivity index (χ3v) is 13.0. The van der Waals surface area contributed by atoms with Gasteiger partial charge in [0.15, 0.2) is 0 Å². The maximum Gasteiger partial charge on any atom is 0.212 e. The van der Waals surface area contributed by atoms with E-state index in [9.17, 15) is 0 Å². The number of aromatic nitrogens is 2. The highest BCUT2D eigenvalue weighted by Gasteiger charge is 2.54. The van der Waals surface area contributed by atoms with E-state index < -0.39 is 11.0 Å². The minimum atomic E-state index is -0.629. The summed E-state index contributed by atoms with van der Waals surface area (Å²) in [6.07, 6.45) is 0. The monoisotopic (exact) mass is 730 g/mol. The topological polar surface area (TPSA) is 33.5 Å². The molecular weight excluding hydrogens is 697 g/mol. The Morgan fingerprint density at radius 1 is 0.456 bits per heavy atom. The van der Waals surface area contributed by atoms with E-state index in [4.69, 9.17) is 9.72 Å². The highest BCUT2D eigenvalue weighted by molar-refractivity contribution is 5.95. The number of para-hydroxylation sites is 6. The number of benzene rings is 8. The van der Waals surface area contributed by atoms with Crippen molar-refractivity contribution >= 4 is 39.7 Å². The molecule has 2 spiro atoms. The molecule has 268 valence electrons. The summed E-state index contributed by atoms with van der Waals surface area (Å²) < 4.78 is 9.13. The molecule has 1 aliphatic carbocycles. The van der Waals surface area contributed by atoms with Crippen molar-refractivity contribution in [3.63, 3.8) is 0 Å². The number of rotatable bonds is 1. The van der Waals surface area contributed by atoms with E-state index in [0.717, 1.165) is 62.4 Å². The Bertz CT molecular complexity index is 3040. The van der Waals surface area contributed by atoms with Crippen LogP contribution in [0, 0.1) is 0 Å². The van der Waals surface area contributed by atoms with Crippen LogP contribution in [0.1, 0.15) is 38.9 Å². The Balaban J connectivity index is 1.10. The quantitative estimate of drug-likeness (QED) is 0.168.